The SMILES string of the molecule is COc1ccc2c(c1)N(CCCN1CCNCC1)CCO2. The van der Waals surface area contributed by atoms with Crippen LogP contribution in [0.3, 0.4) is 0 Å². The Kier molecular flexibility index (Phi) is 4.83. The van der Waals surface area contributed by atoms with Crippen LogP contribution in [0.5, 0.6) is 11.5 Å². The first-order valence-electron chi connectivity index (χ1n) is 7.86. The molecular weight excluding hydrogens is 266 g/mol. The molecule has 1 aromatic rings. The molecule has 0 bridgehead atoms. The van der Waals surface area contributed by atoms with Crippen molar-refractivity contribution in [2.75, 3.05) is 64.4 Å². The third-order valence-corrected chi connectivity index (χ3v) is 4.24. The zero-order valence-corrected chi connectivity index (χ0v) is 12.8. The molecular formula is C16H25N3O2. The van der Waals surface area contributed by atoms with Crippen LogP contribution in [-0.4, -0.2) is 64.4 Å². The van der Waals surface area contributed by atoms with Gasteiger partial charge in [0.2, 0.25) is 0 Å². The normalized spacial score (nSPS) is 19.0. The van der Waals surface area contributed by atoms with E-state index in [4.69, 9.17) is 9.47 Å². The number of rotatable bonds is 5. The van der Waals surface area contributed by atoms with Crippen molar-refractivity contribution >= 4 is 5.69 Å². The minimum absolute atomic E-state index is 0.771. The number of hydrogen-bond donors (Lipinski definition) is 1. The number of methoxy groups -OCH3 is 1. The summed E-state index contributed by atoms with van der Waals surface area (Å²) in [5.41, 5.74) is 1.17. The predicted octanol–water partition coefficient (Wildman–Crippen LogP) is 1.19. The van der Waals surface area contributed by atoms with E-state index in [-0.39, 0.29) is 0 Å². The summed E-state index contributed by atoms with van der Waals surface area (Å²) in [6.07, 6.45) is 1.19. The largest absolute Gasteiger partial charge is 0.497 e. The Morgan fingerprint density at radius 3 is 2.86 bits per heavy atom. The molecule has 0 spiro atoms. The minimum Gasteiger partial charge on any atom is -0.497 e. The first kappa shape index (κ1) is 14.5. The van der Waals surface area contributed by atoms with Gasteiger partial charge in [-0.05, 0) is 25.1 Å². The van der Waals surface area contributed by atoms with Crippen molar-refractivity contribution in [3.05, 3.63) is 18.2 Å². The summed E-state index contributed by atoms with van der Waals surface area (Å²) in [5.74, 6) is 1.87. The van der Waals surface area contributed by atoms with Gasteiger partial charge in [-0.2, -0.15) is 0 Å². The molecule has 0 amide bonds. The molecule has 0 saturated carbocycles. The van der Waals surface area contributed by atoms with E-state index in [0.717, 1.165) is 44.3 Å². The van der Waals surface area contributed by atoms with Crippen molar-refractivity contribution in [2.45, 2.75) is 6.42 Å². The van der Waals surface area contributed by atoms with Gasteiger partial charge in [0.25, 0.3) is 0 Å². The van der Waals surface area contributed by atoms with Gasteiger partial charge in [0.15, 0.2) is 0 Å². The van der Waals surface area contributed by atoms with Gasteiger partial charge in [-0.15, -0.1) is 0 Å². The van der Waals surface area contributed by atoms with Gasteiger partial charge in [0.05, 0.1) is 19.3 Å². The smallest absolute Gasteiger partial charge is 0.142 e. The van der Waals surface area contributed by atoms with Crippen LogP contribution in [0, 0.1) is 0 Å². The molecule has 116 valence electrons. The van der Waals surface area contributed by atoms with E-state index in [2.05, 4.69) is 21.2 Å². The Balaban J connectivity index is 1.56. The lowest BCUT2D eigenvalue weighted by atomic mass is 10.2. The highest BCUT2D eigenvalue weighted by Gasteiger charge is 2.19. The summed E-state index contributed by atoms with van der Waals surface area (Å²) >= 11 is 0. The van der Waals surface area contributed by atoms with E-state index in [0.29, 0.717) is 0 Å². The van der Waals surface area contributed by atoms with Gasteiger partial charge in [-0.25, -0.2) is 0 Å². The third kappa shape index (κ3) is 3.60. The number of ether oxygens (including phenoxy) is 2. The molecule has 21 heavy (non-hydrogen) atoms. The lowest BCUT2D eigenvalue weighted by Gasteiger charge is -2.33. The number of anilines is 1. The van der Waals surface area contributed by atoms with Crippen LogP contribution < -0.4 is 19.7 Å². The van der Waals surface area contributed by atoms with Crippen LogP contribution in [0.15, 0.2) is 18.2 Å². The second-order valence-corrected chi connectivity index (χ2v) is 5.61. The van der Waals surface area contributed by atoms with Crippen LogP contribution in [0.2, 0.25) is 0 Å². The summed E-state index contributed by atoms with van der Waals surface area (Å²) in [6.45, 7) is 8.58. The van der Waals surface area contributed by atoms with Crippen LogP contribution in [0.1, 0.15) is 6.42 Å². The van der Waals surface area contributed by atoms with Gasteiger partial charge < -0.3 is 24.6 Å². The van der Waals surface area contributed by atoms with Crippen LogP contribution in [0.25, 0.3) is 0 Å². The second kappa shape index (κ2) is 7.00. The molecule has 1 fully saturated rings. The zero-order chi connectivity index (χ0) is 14.5. The quantitative estimate of drug-likeness (QED) is 0.882. The number of piperazine rings is 1. The number of benzene rings is 1. The fraction of sp³-hybridized carbons (Fsp3) is 0.625. The number of nitrogens with zero attached hydrogens (tertiary/aromatic N) is 2. The highest BCUT2D eigenvalue weighted by molar-refractivity contribution is 5.62. The molecule has 0 aromatic heterocycles. The van der Waals surface area contributed by atoms with Crippen molar-refractivity contribution in [1.82, 2.24) is 10.2 Å². The third-order valence-electron chi connectivity index (χ3n) is 4.24. The van der Waals surface area contributed by atoms with Crippen molar-refractivity contribution < 1.29 is 9.47 Å². The van der Waals surface area contributed by atoms with Crippen molar-refractivity contribution in [3.63, 3.8) is 0 Å². The molecule has 1 saturated heterocycles. The van der Waals surface area contributed by atoms with Gasteiger partial charge in [0, 0.05) is 38.8 Å². The molecule has 3 rings (SSSR count). The first-order chi connectivity index (χ1) is 10.4. The molecule has 0 radical (unpaired) electrons. The molecule has 2 aliphatic heterocycles. The zero-order valence-electron chi connectivity index (χ0n) is 12.8. The van der Waals surface area contributed by atoms with Gasteiger partial charge in [-0.1, -0.05) is 0 Å². The monoisotopic (exact) mass is 291 g/mol. The molecule has 0 atom stereocenters. The number of fused-ring (bicyclic) bond motifs is 1. The first-order valence-corrected chi connectivity index (χ1v) is 7.86. The van der Waals surface area contributed by atoms with Gasteiger partial charge in [0.1, 0.15) is 18.1 Å². The maximum absolute atomic E-state index is 5.73. The van der Waals surface area contributed by atoms with Crippen molar-refractivity contribution in [1.29, 1.82) is 0 Å². The second-order valence-electron chi connectivity index (χ2n) is 5.61. The Morgan fingerprint density at radius 1 is 1.19 bits per heavy atom. The highest BCUT2D eigenvalue weighted by atomic mass is 16.5. The molecule has 0 aliphatic carbocycles. The Labute approximate surface area is 126 Å². The average molecular weight is 291 g/mol. The summed E-state index contributed by atoms with van der Waals surface area (Å²) in [7, 11) is 1.71. The molecule has 2 heterocycles. The van der Waals surface area contributed by atoms with Crippen molar-refractivity contribution in [3.8, 4) is 11.5 Å². The van der Waals surface area contributed by atoms with E-state index < -0.39 is 0 Å². The molecule has 5 nitrogen and oxygen atoms in total. The fourth-order valence-corrected chi connectivity index (χ4v) is 3.03. The van der Waals surface area contributed by atoms with E-state index in [1.807, 2.05) is 12.1 Å². The number of hydrogen-bond acceptors (Lipinski definition) is 5. The summed E-state index contributed by atoms with van der Waals surface area (Å²) in [4.78, 5) is 4.97. The summed E-state index contributed by atoms with van der Waals surface area (Å²) < 4.78 is 11.1. The Morgan fingerprint density at radius 2 is 2.05 bits per heavy atom. The van der Waals surface area contributed by atoms with Gasteiger partial charge in [-0.3, -0.25) is 0 Å². The maximum Gasteiger partial charge on any atom is 0.142 e. The van der Waals surface area contributed by atoms with Crippen LogP contribution in [0.4, 0.5) is 5.69 Å². The maximum atomic E-state index is 5.73. The standard InChI is InChI=1S/C16H25N3O2/c1-20-14-3-4-16-15(13-14)19(11-12-21-16)8-2-7-18-9-5-17-6-10-18/h3-4,13,17H,2,5-12H2,1H3. The fourth-order valence-electron chi connectivity index (χ4n) is 3.03. The number of nitrogens with one attached hydrogen (secondary N) is 1. The predicted molar refractivity (Wildman–Crippen MR) is 84.6 cm³/mol. The van der Waals surface area contributed by atoms with E-state index >= 15 is 0 Å². The highest BCUT2D eigenvalue weighted by Crippen LogP contribution is 2.34. The lowest BCUT2D eigenvalue weighted by molar-refractivity contribution is 0.237. The van der Waals surface area contributed by atoms with Crippen LogP contribution >= 0.6 is 0 Å². The van der Waals surface area contributed by atoms with E-state index in [1.54, 1.807) is 7.11 Å². The van der Waals surface area contributed by atoms with Gasteiger partial charge >= 0.3 is 0 Å². The Hall–Kier alpha value is -1.46. The van der Waals surface area contributed by atoms with E-state index in [1.165, 1.54) is 31.7 Å². The Bertz CT molecular complexity index is 461. The molecule has 1 aromatic carbocycles. The molecule has 5 heteroatoms. The minimum atomic E-state index is 0.771. The summed E-state index contributed by atoms with van der Waals surface area (Å²) in [6, 6.07) is 6.05. The van der Waals surface area contributed by atoms with Crippen LogP contribution in [-0.2, 0) is 0 Å². The molecule has 0 unspecified atom stereocenters. The van der Waals surface area contributed by atoms with E-state index in [9.17, 15) is 0 Å². The van der Waals surface area contributed by atoms with Crippen molar-refractivity contribution in [2.24, 2.45) is 0 Å². The lowest BCUT2D eigenvalue weighted by Crippen LogP contribution is -2.44. The molecule has 2 aliphatic rings. The topological polar surface area (TPSA) is 37.0 Å². The molecule has 1 N–H and O–H groups in total. The summed E-state index contributed by atoms with van der Waals surface area (Å²) in [5, 5.41) is 3.40. The average Bonchev–Trinajstić information content (AvgIpc) is 2.55.